The van der Waals surface area contributed by atoms with Crippen LogP contribution in [0, 0.1) is 33.1 Å². The maximum absolute atomic E-state index is 13.8. The molecule has 2 aliphatic heterocycles. The van der Waals surface area contributed by atoms with Gasteiger partial charge in [-0.25, -0.2) is 4.98 Å². The van der Waals surface area contributed by atoms with Crippen LogP contribution in [0.15, 0.2) is 83.3 Å². The van der Waals surface area contributed by atoms with Crippen LogP contribution in [-0.4, -0.2) is 110 Å². The van der Waals surface area contributed by atoms with Crippen LogP contribution in [0.5, 0.6) is 11.5 Å². The lowest BCUT2D eigenvalue weighted by atomic mass is 9.85. The van der Waals surface area contributed by atoms with E-state index in [9.17, 15) is 24.3 Å². The first-order valence-electron chi connectivity index (χ1n) is 24.4. The second-order valence-electron chi connectivity index (χ2n) is 19.4. The predicted octanol–water partition coefficient (Wildman–Crippen LogP) is 7.60. The normalized spacial score (nSPS) is 16.7. The van der Waals surface area contributed by atoms with E-state index in [1.165, 1.54) is 23.2 Å². The Morgan fingerprint density at radius 3 is 2.37 bits per heavy atom. The number of hydrogen-bond acceptors (Lipinski definition) is 14. The summed E-state index contributed by atoms with van der Waals surface area (Å²) in [6.45, 7) is 16.4. The molecule has 0 bridgehead atoms. The van der Waals surface area contributed by atoms with Crippen molar-refractivity contribution in [3.63, 3.8) is 0 Å². The molecule has 0 radical (unpaired) electrons. The van der Waals surface area contributed by atoms with E-state index in [0.717, 1.165) is 59.8 Å². The highest BCUT2D eigenvalue weighted by molar-refractivity contribution is 7.15. The van der Waals surface area contributed by atoms with Crippen molar-refractivity contribution >= 4 is 57.7 Å². The largest absolute Gasteiger partial charge is 0.494 e. The molecule has 1 saturated heterocycles. The van der Waals surface area contributed by atoms with Gasteiger partial charge < -0.3 is 40.2 Å². The fourth-order valence-corrected chi connectivity index (χ4v) is 11.0. The van der Waals surface area contributed by atoms with Gasteiger partial charge in [0.1, 0.15) is 47.1 Å². The zero-order valence-electron chi connectivity index (χ0n) is 42.5. The number of aryl methyl sites for hydroxylation is 3. The molecule has 4 amide bonds. The van der Waals surface area contributed by atoms with Gasteiger partial charge in [0.2, 0.25) is 23.6 Å². The summed E-state index contributed by atoms with van der Waals surface area (Å²) < 4.78 is 20.4. The van der Waals surface area contributed by atoms with Crippen molar-refractivity contribution in [1.29, 1.82) is 0 Å². The Kier molecular flexibility index (Phi) is 16.5. The highest BCUT2D eigenvalue weighted by Crippen LogP contribution is 2.40. The van der Waals surface area contributed by atoms with Crippen molar-refractivity contribution in [2.75, 3.05) is 38.3 Å². The lowest BCUT2D eigenvalue weighted by Gasteiger charge is -2.35. The molecule has 3 aromatic carbocycles. The third-order valence-electron chi connectivity index (χ3n) is 12.8. The molecule has 0 aliphatic carbocycles. The second kappa shape index (κ2) is 23.0. The molecule has 0 spiro atoms. The molecule has 4 N–H and O–H groups in total. The number of ether oxygens (including phenoxy) is 3. The Morgan fingerprint density at radius 2 is 1.66 bits per heavy atom. The lowest BCUT2D eigenvalue weighted by molar-refractivity contribution is -0.143. The topological polar surface area (TPSA) is 211 Å². The average Bonchev–Trinajstić information content (AvgIpc) is 4.13. The second-order valence-corrected chi connectivity index (χ2v) is 21.5. The fourth-order valence-electron chi connectivity index (χ4n) is 8.99. The summed E-state index contributed by atoms with van der Waals surface area (Å²) >= 11 is 3.19. The number of carbonyl (C=O) groups is 4. The maximum Gasteiger partial charge on any atom is 0.246 e. The van der Waals surface area contributed by atoms with E-state index in [-0.39, 0.29) is 44.4 Å². The van der Waals surface area contributed by atoms with Gasteiger partial charge in [0.15, 0.2) is 5.82 Å². The number of fused-ring (bicyclic) bond motifs is 3. The van der Waals surface area contributed by atoms with Gasteiger partial charge in [-0.1, -0.05) is 51.1 Å². The van der Waals surface area contributed by atoms with Crippen LogP contribution >= 0.6 is 22.7 Å². The molecule has 1 fully saturated rings. The summed E-state index contributed by atoms with van der Waals surface area (Å²) in [5, 5.41) is 29.2. The number of anilines is 1. The summed E-state index contributed by atoms with van der Waals surface area (Å²) in [7, 11) is 0. The Labute approximate surface area is 433 Å². The number of thiazole rings is 1. The van der Waals surface area contributed by atoms with Gasteiger partial charge in [-0.05, 0) is 86.7 Å². The zero-order valence-corrected chi connectivity index (χ0v) is 44.1. The number of aliphatic imine (C=N–C) groups is 1. The lowest BCUT2D eigenvalue weighted by Crippen LogP contribution is -2.57. The number of rotatable bonds is 19. The molecule has 73 heavy (non-hydrogen) atoms. The standard InChI is InChI=1S/C54H63N9O8S2/c1-31-33(3)73-53-46(31)47(59-42(50-61-60-34(4)63(50)53)27-45(66)58-39-13-10-9-11-14-39)36-17-19-41(20-18-36)70-22-12-21-69-23-24-71-44-25-37(48-32(2)56-30-72-48)15-16-38(44)28-55-51(67)43-26-40(65)29-62(43)52(68)49(54(6,7)8)57-35(5)64/h9-11,13-20,25,30,40,42-43,49,65H,12,21-24,26-29H2,1-8H3,(H,55,67)(H,57,64)(H,58,66)/t40-,42?,43+,49-/m1/s1. The van der Waals surface area contributed by atoms with Crippen LogP contribution in [0.1, 0.15) is 97.5 Å². The van der Waals surface area contributed by atoms with Crippen molar-refractivity contribution in [3.05, 3.63) is 123 Å². The zero-order chi connectivity index (χ0) is 52.0. The molecule has 3 aromatic heterocycles. The van der Waals surface area contributed by atoms with Crippen LogP contribution in [0.3, 0.4) is 0 Å². The number of aliphatic hydroxyl groups is 1. The number of likely N-dealkylation sites (tertiary alicyclic amines) is 1. The fraction of sp³-hybridized carbons (Fsp3) is 0.407. The predicted molar refractivity (Wildman–Crippen MR) is 282 cm³/mol. The monoisotopic (exact) mass is 1030 g/mol. The van der Waals surface area contributed by atoms with E-state index in [1.54, 1.807) is 16.8 Å². The minimum Gasteiger partial charge on any atom is -0.494 e. The van der Waals surface area contributed by atoms with Crippen LogP contribution < -0.4 is 25.4 Å². The van der Waals surface area contributed by atoms with Crippen molar-refractivity contribution in [3.8, 4) is 26.9 Å². The van der Waals surface area contributed by atoms with Crippen LogP contribution in [0.25, 0.3) is 15.4 Å². The molecule has 384 valence electrons. The van der Waals surface area contributed by atoms with Gasteiger partial charge in [-0.15, -0.1) is 32.9 Å². The van der Waals surface area contributed by atoms with Crippen LogP contribution in [-0.2, 0) is 30.5 Å². The number of aromatic nitrogens is 4. The number of thiophene rings is 1. The molecule has 6 aromatic rings. The number of para-hydroxylation sites is 1. The van der Waals surface area contributed by atoms with Gasteiger partial charge in [0, 0.05) is 66.7 Å². The molecule has 2 aliphatic rings. The quantitative estimate of drug-likeness (QED) is 0.0581. The average molecular weight is 1030 g/mol. The molecule has 5 heterocycles. The summed E-state index contributed by atoms with van der Waals surface area (Å²) in [5.41, 5.74) is 8.20. The SMILES string of the molecule is CC(=O)N[C@H](C(=O)N1C[C@H](O)C[C@H]1C(=O)NCc1ccc(-c2scnc2C)cc1OCCOCCCOc1ccc(C2=NC(CC(=O)Nc3ccccc3)c3nnc(C)n3-c3sc(C)c(C)c32)cc1)C(C)(C)C. The molecule has 17 nitrogen and oxygen atoms in total. The molecule has 0 saturated carbocycles. The molecular formula is C54H63N9O8S2. The Bertz CT molecular complexity index is 2980. The molecular weight excluding hydrogens is 967 g/mol. The van der Waals surface area contributed by atoms with Crippen LogP contribution in [0.4, 0.5) is 5.69 Å². The summed E-state index contributed by atoms with van der Waals surface area (Å²) in [4.78, 5) is 66.1. The van der Waals surface area contributed by atoms with Gasteiger partial charge in [0.25, 0.3) is 0 Å². The van der Waals surface area contributed by atoms with Gasteiger partial charge in [-0.3, -0.25) is 28.7 Å². The summed E-state index contributed by atoms with van der Waals surface area (Å²) in [5.74, 6) is 1.25. The maximum atomic E-state index is 13.8. The number of aliphatic hydroxyl groups excluding tert-OH is 1. The number of nitrogens with zero attached hydrogens (tertiary/aromatic N) is 6. The first-order valence-corrected chi connectivity index (χ1v) is 26.1. The summed E-state index contributed by atoms with van der Waals surface area (Å²) in [6.07, 6.45) is -0.0895. The minimum absolute atomic E-state index is 0.0131. The smallest absolute Gasteiger partial charge is 0.246 e. The third-order valence-corrected chi connectivity index (χ3v) is 15.0. The number of amides is 4. The van der Waals surface area contributed by atoms with E-state index < -0.39 is 41.5 Å². The number of carbonyl (C=O) groups excluding carboxylic acids is 4. The van der Waals surface area contributed by atoms with E-state index >= 15 is 0 Å². The number of nitrogens with one attached hydrogen (secondary N) is 3. The first kappa shape index (κ1) is 52.5. The van der Waals surface area contributed by atoms with Crippen LogP contribution in [0.2, 0.25) is 0 Å². The number of benzene rings is 3. The van der Waals surface area contributed by atoms with Gasteiger partial charge >= 0.3 is 0 Å². The van der Waals surface area contributed by atoms with Crippen molar-refractivity contribution < 1.29 is 38.5 Å². The Morgan fingerprint density at radius 1 is 0.904 bits per heavy atom. The Balaban J connectivity index is 0.860. The molecule has 1 unspecified atom stereocenters. The first-order chi connectivity index (χ1) is 35.0. The van der Waals surface area contributed by atoms with E-state index in [4.69, 9.17) is 19.2 Å². The highest BCUT2D eigenvalue weighted by Gasteiger charge is 2.44. The number of hydrogen-bond donors (Lipinski definition) is 4. The van der Waals surface area contributed by atoms with Gasteiger partial charge in [-0.2, -0.15) is 0 Å². The van der Waals surface area contributed by atoms with Crippen molar-refractivity contribution in [2.45, 2.75) is 105 Å². The van der Waals surface area contributed by atoms with Crippen molar-refractivity contribution in [1.82, 2.24) is 35.3 Å². The molecule has 8 rings (SSSR count). The minimum atomic E-state index is -0.915. The van der Waals surface area contributed by atoms with E-state index in [2.05, 4.69) is 45.0 Å². The number of β-amino-alcohol motifs (C(OH)–C–C–N with tert-alkyl or cyclic N) is 1. The van der Waals surface area contributed by atoms with E-state index in [1.807, 2.05) is 112 Å². The van der Waals surface area contributed by atoms with E-state index in [0.29, 0.717) is 49.3 Å². The molecule has 19 heteroatoms. The molecule has 4 atom stereocenters. The van der Waals surface area contributed by atoms with Gasteiger partial charge in [0.05, 0.1) is 47.5 Å². The Hall–Kier alpha value is -6.80. The highest BCUT2D eigenvalue weighted by atomic mass is 32.1. The third kappa shape index (κ3) is 12.4. The summed E-state index contributed by atoms with van der Waals surface area (Å²) in [6, 6.07) is 20.6. The van der Waals surface area contributed by atoms with Crippen molar-refractivity contribution in [2.24, 2.45) is 10.4 Å².